The van der Waals surface area contributed by atoms with E-state index in [0.717, 1.165) is 17.0 Å². The number of aromatic nitrogens is 1. The summed E-state index contributed by atoms with van der Waals surface area (Å²) in [7, 11) is 0. The highest BCUT2D eigenvalue weighted by molar-refractivity contribution is 6.21. The zero-order valence-electron chi connectivity index (χ0n) is 17.0. The number of fused-ring (bicyclic) bond motifs is 1. The van der Waals surface area contributed by atoms with Gasteiger partial charge in [-0.25, -0.2) is 9.37 Å². The molecule has 0 saturated carbocycles. The third-order valence-corrected chi connectivity index (χ3v) is 5.83. The number of aliphatic hydroxyl groups excluding tert-OH is 1. The summed E-state index contributed by atoms with van der Waals surface area (Å²) in [6, 6.07) is 9.63. The van der Waals surface area contributed by atoms with Gasteiger partial charge >= 0.3 is 6.18 Å². The van der Waals surface area contributed by atoms with Crippen LogP contribution >= 0.6 is 0 Å². The number of pyridine rings is 1. The molecule has 2 aliphatic heterocycles. The summed E-state index contributed by atoms with van der Waals surface area (Å²) < 4.78 is 54.1. The van der Waals surface area contributed by atoms with E-state index in [2.05, 4.69) is 4.98 Å². The molecule has 0 aliphatic carbocycles. The van der Waals surface area contributed by atoms with Crippen LogP contribution in [0.4, 0.5) is 17.6 Å². The Morgan fingerprint density at radius 1 is 1.06 bits per heavy atom. The molecular formula is C22H21F4N3O3. The second kappa shape index (κ2) is 8.25. The quantitative estimate of drug-likeness (QED) is 0.540. The lowest BCUT2D eigenvalue weighted by Crippen LogP contribution is -2.37. The van der Waals surface area contributed by atoms with Gasteiger partial charge in [-0.05, 0) is 30.7 Å². The molecule has 2 aliphatic rings. The molecule has 2 aromatic rings. The second-order valence-electron chi connectivity index (χ2n) is 8.11. The van der Waals surface area contributed by atoms with Gasteiger partial charge < -0.3 is 5.11 Å². The third-order valence-electron chi connectivity index (χ3n) is 5.83. The van der Waals surface area contributed by atoms with Gasteiger partial charge in [0.05, 0.1) is 22.9 Å². The van der Waals surface area contributed by atoms with Crippen molar-refractivity contribution in [1.29, 1.82) is 0 Å². The first kappa shape index (κ1) is 22.3. The number of amides is 2. The molecule has 1 aromatic carbocycles. The summed E-state index contributed by atoms with van der Waals surface area (Å²) in [5.74, 6) is -0.838. The zero-order chi connectivity index (χ0) is 23.1. The molecule has 32 heavy (non-hydrogen) atoms. The second-order valence-corrected chi connectivity index (χ2v) is 8.11. The lowest BCUT2D eigenvalue weighted by atomic mass is 10.00. The summed E-state index contributed by atoms with van der Waals surface area (Å²) >= 11 is 0. The number of imide groups is 1. The van der Waals surface area contributed by atoms with E-state index in [1.807, 2.05) is 0 Å². The number of alkyl halides is 4. The standard InChI is InChI=1S/C22H21F4N3O3/c23-21(17-6-3-7-18(27-17)22(24,25)26)9-11-28(13-21)12-14(30)8-10-29-19(31)15-4-1-2-5-16(15)20(29)32/h1-7,14,30H,8-13H2/t14-,21?/m1/s1. The Bertz CT molecular complexity index is 1010. The Morgan fingerprint density at radius 2 is 1.72 bits per heavy atom. The number of hydrogen-bond donors (Lipinski definition) is 1. The van der Waals surface area contributed by atoms with Crippen LogP contribution in [0.3, 0.4) is 0 Å². The van der Waals surface area contributed by atoms with Crippen molar-refractivity contribution >= 4 is 11.8 Å². The fourth-order valence-electron chi connectivity index (χ4n) is 4.16. The van der Waals surface area contributed by atoms with Gasteiger partial charge in [-0.2, -0.15) is 13.2 Å². The molecule has 2 amide bonds. The van der Waals surface area contributed by atoms with E-state index in [4.69, 9.17) is 0 Å². The Balaban J connectivity index is 1.33. The number of nitrogens with zero attached hydrogens (tertiary/aromatic N) is 3. The van der Waals surface area contributed by atoms with Crippen molar-refractivity contribution in [1.82, 2.24) is 14.8 Å². The normalized spacial score (nSPS) is 22.5. The van der Waals surface area contributed by atoms with Gasteiger partial charge in [0, 0.05) is 32.6 Å². The minimum absolute atomic E-state index is 0.0112. The van der Waals surface area contributed by atoms with E-state index < -0.39 is 35.5 Å². The summed E-state index contributed by atoms with van der Waals surface area (Å²) in [5, 5.41) is 10.4. The van der Waals surface area contributed by atoms with E-state index in [9.17, 15) is 27.9 Å². The minimum atomic E-state index is -4.66. The molecule has 3 heterocycles. The summed E-state index contributed by atoms with van der Waals surface area (Å²) in [6.45, 7) is 0.106. The largest absolute Gasteiger partial charge is 0.433 e. The highest BCUT2D eigenvalue weighted by atomic mass is 19.4. The molecule has 1 unspecified atom stereocenters. The van der Waals surface area contributed by atoms with Crippen molar-refractivity contribution in [3.8, 4) is 0 Å². The maximum Gasteiger partial charge on any atom is 0.433 e. The molecule has 4 rings (SSSR count). The summed E-state index contributed by atoms with van der Waals surface area (Å²) in [4.78, 5) is 30.9. The van der Waals surface area contributed by atoms with Crippen LogP contribution in [0.25, 0.3) is 0 Å². The van der Waals surface area contributed by atoms with Crippen LogP contribution in [-0.4, -0.2) is 64.0 Å². The highest BCUT2D eigenvalue weighted by Crippen LogP contribution is 2.37. The van der Waals surface area contributed by atoms with E-state index in [-0.39, 0.29) is 44.7 Å². The minimum Gasteiger partial charge on any atom is -0.392 e. The molecule has 1 aromatic heterocycles. The van der Waals surface area contributed by atoms with Gasteiger partial charge in [-0.1, -0.05) is 18.2 Å². The SMILES string of the molecule is O=C1c2ccccc2C(=O)N1CC[C@@H](O)CN1CCC(F)(c2cccc(C(F)(F)F)n2)C1. The van der Waals surface area contributed by atoms with Gasteiger partial charge in [0.1, 0.15) is 5.69 Å². The molecule has 1 fully saturated rings. The topological polar surface area (TPSA) is 73.7 Å². The van der Waals surface area contributed by atoms with E-state index in [0.29, 0.717) is 11.1 Å². The maximum absolute atomic E-state index is 15.3. The molecule has 6 nitrogen and oxygen atoms in total. The highest BCUT2D eigenvalue weighted by Gasteiger charge is 2.43. The van der Waals surface area contributed by atoms with E-state index in [1.165, 1.54) is 6.07 Å². The number of β-amino-alcohol motifs (C(OH)–C–C–N with tert-alkyl or cyclic N) is 1. The van der Waals surface area contributed by atoms with Crippen molar-refractivity contribution in [2.45, 2.75) is 30.8 Å². The number of rotatable bonds is 6. The van der Waals surface area contributed by atoms with E-state index in [1.54, 1.807) is 29.2 Å². The van der Waals surface area contributed by atoms with Crippen LogP contribution in [0.2, 0.25) is 0 Å². The predicted molar refractivity (Wildman–Crippen MR) is 106 cm³/mol. The number of hydrogen-bond acceptors (Lipinski definition) is 5. The van der Waals surface area contributed by atoms with Gasteiger partial charge in [-0.15, -0.1) is 0 Å². The summed E-state index contributed by atoms with van der Waals surface area (Å²) in [5.41, 5.74) is -2.84. The van der Waals surface area contributed by atoms with Gasteiger partial charge in [0.25, 0.3) is 11.8 Å². The lowest BCUT2D eigenvalue weighted by molar-refractivity contribution is -0.141. The molecule has 0 bridgehead atoms. The molecule has 2 atom stereocenters. The van der Waals surface area contributed by atoms with Gasteiger partial charge in [0.15, 0.2) is 5.67 Å². The fourth-order valence-corrected chi connectivity index (χ4v) is 4.16. The Hall–Kier alpha value is -2.85. The van der Waals surface area contributed by atoms with Crippen molar-refractivity contribution in [2.24, 2.45) is 0 Å². The number of halogens is 4. The van der Waals surface area contributed by atoms with Crippen molar-refractivity contribution in [2.75, 3.05) is 26.2 Å². The number of aliphatic hydroxyl groups is 1. The van der Waals surface area contributed by atoms with Crippen molar-refractivity contribution < 1.29 is 32.3 Å². The molecule has 1 saturated heterocycles. The summed E-state index contributed by atoms with van der Waals surface area (Å²) in [6.07, 6.45) is -5.56. The maximum atomic E-state index is 15.3. The molecule has 10 heteroatoms. The number of carbonyl (C=O) groups excluding carboxylic acids is 2. The van der Waals surface area contributed by atoms with Crippen molar-refractivity contribution in [3.05, 3.63) is 65.0 Å². The molecule has 170 valence electrons. The van der Waals surface area contributed by atoms with Crippen LogP contribution in [0.5, 0.6) is 0 Å². The average molecular weight is 451 g/mol. The van der Waals surface area contributed by atoms with Crippen molar-refractivity contribution in [3.63, 3.8) is 0 Å². The molecular weight excluding hydrogens is 430 g/mol. The fraction of sp³-hybridized carbons (Fsp3) is 0.409. The Labute approximate surface area is 181 Å². The number of benzene rings is 1. The molecule has 1 N–H and O–H groups in total. The lowest BCUT2D eigenvalue weighted by Gasteiger charge is -2.24. The van der Waals surface area contributed by atoms with E-state index >= 15 is 4.39 Å². The average Bonchev–Trinajstić information content (AvgIpc) is 3.25. The predicted octanol–water partition coefficient (Wildman–Crippen LogP) is 3.02. The van der Waals surface area contributed by atoms with Crippen LogP contribution in [0.15, 0.2) is 42.5 Å². The van der Waals surface area contributed by atoms with Crippen LogP contribution in [-0.2, 0) is 11.8 Å². The van der Waals surface area contributed by atoms with Crippen LogP contribution < -0.4 is 0 Å². The van der Waals surface area contributed by atoms with Gasteiger partial charge in [-0.3, -0.25) is 19.4 Å². The third kappa shape index (κ3) is 4.24. The Kier molecular flexibility index (Phi) is 5.76. The van der Waals surface area contributed by atoms with Crippen LogP contribution in [0, 0.1) is 0 Å². The van der Waals surface area contributed by atoms with Crippen LogP contribution in [0.1, 0.15) is 44.9 Å². The zero-order valence-corrected chi connectivity index (χ0v) is 17.0. The Morgan fingerprint density at radius 3 is 2.34 bits per heavy atom. The van der Waals surface area contributed by atoms with Gasteiger partial charge in [0.2, 0.25) is 0 Å². The molecule has 0 radical (unpaired) electrons. The first-order valence-electron chi connectivity index (χ1n) is 10.2. The first-order valence-corrected chi connectivity index (χ1v) is 10.2. The monoisotopic (exact) mass is 451 g/mol. The molecule has 0 spiro atoms. The first-order chi connectivity index (χ1) is 15.1. The smallest absolute Gasteiger partial charge is 0.392 e. The number of likely N-dealkylation sites (tertiary alicyclic amines) is 1. The number of carbonyl (C=O) groups is 2.